The number of carbonyl (C=O) groups is 1. The molecule has 1 aliphatic heterocycles. The number of piperidine rings is 1. The van der Waals surface area contributed by atoms with Crippen LogP contribution in [0.5, 0.6) is 0 Å². The summed E-state index contributed by atoms with van der Waals surface area (Å²) in [6.07, 6.45) is 5.91. The Morgan fingerprint density at radius 2 is 2.45 bits per heavy atom. The smallest absolute Gasteiger partial charge is 0.137 e. The van der Waals surface area contributed by atoms with Gasteiger partial charge in [0.05, 0.1) is 0 Å². The van der Waals surface area contributed by atoms with Crippen molar-refractivity contribution in [1.29, 1.82) is 0 Å². The molecule has 0 aromatic carbocycles. The third-order valence-corrected chi connectivity index (χ3v) is 2.52. The molecule has 0 radical (unpaired) electrons. The molecule has 1 aliphatic carbocycles. The van der Waals surface area contributed by atoms with Gasteiger partial charge in [-0.25, -0.2) is 0 Å². The molecule has 0 aromatic rings. The van der Waals surface area contributed by atoms with Crippen LogP contribution in [0.15, 0.2) is 11.8 Å². The molecule has 1 unspecified atom stereocenters. The van der Waals surface area contributed by atoms with Gasteiger partial charge in [-0.2, -0.15) is 0 Å². The van der Waals surface area contributed by atoms with Crippen LogP contribution in [-0.4, -0.2) is 12.3 Å². The van der Waals surface area contributed by atoms with Gasteiger partial charge in [-0.05, 0) is 12.8 Å². The summed E-state index contributed by atoms with van der Waals surface area (Å²) < 4.78 is 0. The zero-order valence-corrected chi connectivity index (χ0v) is 6.60. The third kappa shape index (κ3) is 1.30. The van der Waals surface area contributed by atoms with Gasteiger partial charge in [0.15, 0.2) is 0 Å². The Balaban J connectivity index is 2.14. The highest BCUT2D eigenvalue weighted by molar-refractivity contribution is 5.81. The zero-order chi connectivity index (χ0) is 7.68. The van der Waals surface area contributed by atoms with E-state index in [1.54, 1.807) is 0 Å². The maximum atomic E-state index is 11.0. The van der Waals surface area contributed by atoms with Crippen molar-refractivity contribution in [2.24, 2.45) is 5.92 Å². The Hall–Kier alpha value is -0.790. The van der Waals surface area contributed by atoms with Crippen LogP contribution in [0.4, 0.5) is 0 Å². The molecule has 0 saturated carbocycles. The first kappa shape index (κ1) is 6.89. The summed E-state index contributed by atoms with van der Waals surface area (Å²) in [5, 5.41) is 3.35. The normalized spacial score (nSPS) is 30.4. The molecule has 1 N–H and O–H groups in total. The predicted octanol–water partition coefficient (Wildman–Crippen LogP) is 1.23. The number of ketones is 1. The fourth-order valence-corrected chi connectivity index (χ4v) is 1.91. The fraction of sp³-hybridized carbons (Fsp3) is 0.667. The average molecular weight is 151 g/mol. The molecule has 0 spiro atoms. The van der Waals surface area contributed by atoms with Crippen LogP contribution >= 0.6 is 0 Å². The van der Waals surface area contributed by atoms with E-state index >= 15 is 0 Å². The lowest BCUT2D eigenvalue weighted by molar-refractivity contribution is -0.119. The number of hydrogen-bond acceptors (Lipinski definition) is 2. The van der Waals surface area contributed by atoms with E-state index in [-0.39, 0.29) is 0 Å². The second-order valence-corrected chi connectivity index (χ2v) is 3.37. The first-order valence-electron chi connectivity index (χ1n) is 4.32. The molecule has 0 amide bonds. The van der Waals surface area contributed by atoms with Crippen LogP contribution in [0.1, 0.15) is 25.7 Å². The predicted molar refractivity (Wildman–Crippen MR) is 43.1 cm³/mol. The minimum absolute atomic E-state index is 0.405. The van der Waals surface area contributed by atoms with Gasteiger partial charge in [0.2, 0.25) is 0 Å². The maximum absolute atomic E-state index is 11.0. The van der Waals surface area contributed by atoms with Gasteiger partial charge in [-0.1, -0.05) is 6.08 Å². The Kier molecular flexibility index (Phi) is 1.68. The minimum Gasteiger partial charge on any atom is -0.388 e. The summed E-state index contributed by atoms with van der Waals surface area (Å²) in [6.45, 7) is 1.09. The van der Waals surface area contributed by atoms with Crippen molar-refractivity contribution in [2.75, 3.05) is 6.54 Å². The quantitative estimate of drug-likeness (QED) is 0.564. The van der Waals surface area contributed by atoms with Crippen LogP contribution in [0.25, 0.3) is 0 Å². The number of allylic oxidation sites excluding steroid dienone is 2. The summed E-state index contributed by atoms with van der Waals surface area (Å²) in [5.74, 6) is 0.937. The summed E-state index contributed by atoms with van der Waals surface area (Å²) in [6, 6.07) is 0. The van der Waals surface area contributed by atoms with Gasteiger partial charge in [-0.3, -0.25) is 4.79 Å². The van der Waals surface area contributed by atoms with E-state index in [0.29, 0.717) is 18.1 Å². The minimum atomic E-state index is 0.405. The van der Waals surface area contributed by atoms with E-state index in [2.05, 4.69) is 11.4 Å². The van der Waals surface area contributed by atoms with Crippen molar-refractivity contribution in [3.63, 3.8) is 0 Å². The van der Waals surface area contributed by atoms with Crippen LogP contribution in [0.3, 0.4) is 0 Å². The van der Waals surface area contributed by atoms with Gasteiger partial charge >= 0.3 is 0 Å². The Morgan fingerprint density at radius 1 is 1.55 bits per heavy atom. The molecule has 1 heterocycles. The summed E-state index contributed by atoms with van der Waals surface area (Å²) in [4.78, 5) is 11.0. The number of fused-ring (bicyclic) bond motifs is 1. The molecule has 0 aromatic heterocycles. The molecular formula is C9H13NO. The standard InChI is InChI=1S/C9H13NO/c11-8-3-4-9-7(6-8)2-1-5-10-9/h4,7,10H,1-3,5-6H2. The highest BCUT2D eigenvalue weighted by Gasteiger charge is 2.24. The molecular weight excluding hydrogens is 138 g/mol. The third-order valence-electron chi connectivity index (χ3n) is 2.52. The number of nitrogens with one attached hydrogen (secondary N) is 1. The zero-order valence-electron chi connectivity index (χ0n) is 6.60. The summed E-state index contributed by atoms with van der Waals surface area (Å²) in [7, 11) is 0. The SMILES string of the molecule is O=C1CC=C2NCCCC2C1. The molecule has 2 aliphatic rings. The van der Waals surface area contributed by atoms with Crippen molar-refractivity contribution >= 4 is 5.78 Å². The summed E-state index contributed by atoms with van der Waals surface area (Å²) >= 11 is 0. The maximum Gasteiger partial charge on any atom is 0.137 e. The van der Waals surface area contributed by atoms with E-state index in [1.165, 1.54) is 18.5 Å². The Morgan fingerprint density at radius 3 is 3.36 bits per heavy atom. The number of Topliss-reactive ketones (excluding diaryl/α,β-unsaturated/α-hetero) is 1. The van der Waals surface area contributed by atoms with Gasteiger partial charge in [-0.15, -0.1) is 0 Å². The number of rotatable bonds is 0. The Labute approximate surface area is 66.7 Å². The van der Waals surface area contributed by atoms with Crippen molar-refractivity contribution in [1.82, 2.24) is 5.32 Å². The molecule has 1 saturated heterocycles. The average Bonchev–Trinajstić information content (AvgIpc) is 2.04. The van der Waals surface area contributed by atoms with Gasteiger partial charge in [0.1, 0.15) is 5.78 Å². The number of carbonyl (C=O) groups excluding carboxylic acids is 1. The number of hydrogen-bond donors (Lipinski definition) is 1. The largest absolute Gasteiger partial charge is 0.388 e. The highest BCUT2D eigenvalue weighted by atomic mass is 16.1. The van der Waals surface area contributed by atoms with Gasteiger partial charge in [0, 0.05) is 31.0 Å². The molecule has 1 fully saturated rings. The topological polar surface area (TPSA) is 29.1 Å². The monoisotopic (exact) mass is 151 g/mol. The van der Waals surface area contributed by atoms with Gasteiger partial charge < -0.3 is 5.32 Å². The first-order chi connectivity index (χ1) is 5.36. The second-order valence-electron chi connectivity index (χ2n) is 3.37. The van der Waals surface area contributed by atoms with Crippen molar-refractivity contribution in [3.05, 3.63) is 11.8 Å². The van der Waals surface area contributed by atoms with E-state index in [4.69, 9.17) is 0 Å². The fourth-order valence-electron chi connectivity index (χ4n) is 1.91. The first-order valence-corrected chi connectivity index (χ1v) is 4.32. The lowest BCUT2D eigenvalue weighted by Gasteiger charge is -2.29. The van der Waals surface area contributed by atoms with E-state index in [0.717, 1.165) is 13.0 Å². The van der Waals surface area contributed by atoms with Crippen molar-refractivity contribution < 1.29 is 4.79 Å². The lowest BCUT2D eigenvalue weighted by Crippen LogP contribution is -2.31. The van der Waals surface area contributed by atoms with E-state index in [1.807, 2.05) is 0 Å². The molecule has 1 atom stereocenters. The van der Waals surface area contributed by atoms with E-state index < -0.39 is 0 Å². The molecule has 11 heavy (non-hydrogen) atoms. The van der Waals surface area contributed by atoms with Crippen molar-refractivity contribution in [2.45, 2.75) is 25.7 Å². The highest BCUT2D eigenvalue weighted by Crippen LogP contribution is 2.27. The van der Waals surface area contributed by atoms with Gasteiger partial charge in [0.25, 0.3) is 0 Å². The van der Waals surface area contributed by atoms with Crippen molar-refractivity contribution in [3.8, 4) is 0 Å². The molecule has 2 rings (SSSR count). The van der Waals surface area contributed by atoms with Crippen LogP contribution in [0.2, 0.25) is 0 Å². The summed E-state index contributed by atoms with van der Waals surface area (Å²) in [5.41, 5.74) is 1.33. The molecule has 60 valence electrons. The van der Waals surface area contributed by atoms with E-state index in [9.17, 15) is 4.79 Å². The molecule has 2 heteroatoms. The molecule has 2 nitrogen and oxygen atoms in total. The lowest BCUT2D eigenvalue weighted by atomic mass is 9.85. The molecule has 0 bridgehead atoms. The second kappa shape index (κ2) is 2.68. The van der Waals surface area contributed by atoms with Crippen LogP contribution < -0.4 is 5.32 Å². The van der Waals surface area contributed by atoms with Crippen LogP contribution in [0, 0.1) is 5.92 Å². The Bertz CT molecular complexity index is 208. The van der Waals surface area contributed by atoms with Crippen LogP contribution in [-0.2, 0) is 4.79 Å².